The molecule has 6 nitrogen and oxygen atoms in total. The maximum absolute atomic E-state index is 10.9. The van der Waals surface area contributed by atoms with Gasteiger partial charge >= 0.3 is 11.6 Å². The lowest BCUT2D eigenvalue weighted by atomic mass is 10.2. The van der Waals surface area contributed by atoms with Crippen LogP contribution >= 0.6 is 11.6 Å². The van der Waals surface area contributed by atoms with Crippen molar-refractivity contribution < 1.29 is 9.66 Å². The minimum Gasteiger partial charge on any atom is -0.433 e. The van der Waals surface area contributed by atoms with Crippen LogP contribution in [0.5, 0.6) is 11.6 Å². The van der Waals surface area contributed by atoms with Gasteiger partial charge in [-0.1, -0.05) is 17.7 Å². The van der Waals surface area contributed by atoms with Crippen molar-refractivity contribution in [2.24, 2.45) is 0 Å². The predicted octanol–water partition coefficient (Wildman–Crippen LogP) is 3.33. The Hall–Kier alpha value is -2.34. The van der Waals surface area contributed by atoms with Crippen LogP contribution in [-0.2, 0) is 0 Å². The third kappa shape index (κ3) is 2.92. The lowest BCUT2D eigenvalue weighted by Crippen LogP contribution is -1.99. The molecule has 1 heterocycles. The molecule has 0 saturated carbocycles. The third-order valence-electron chi connectivity index (χ3n) is 2.42. The number of hydrogen-bond acceptors (Lipinski definition) is 5. The molecule has 1 aromatic heterocycles. The third-order valence-corrected chi connectivity index (χ3v) is 2.65. The zero-order valence-corrected chi connectivity index (χ0v) is 10.7. The number of nitrogens with two attached hydrogens (primary N) is 1. The van der Waals surface area contributed by atoms with Gasteiger partial charge < -0.3 is 10.5 Å². The largest absolute Gasteiger partial charge is 0.433 e. The first-order valence-corrected chi connectivity index (χ1v) is 5.70. The Bertz CT molecular complexity index is 646. The Morgan fingerprint density at radius 1 is 1.37 bits per heavy atom. The Labute approximate surface area is 113 Å². The summed E-state index contributed by atoms with van der Waals surface area (Å²) in [5.41, 5.74) is 6.03. The molecule has 1 aromatic carbocycles. The number of aryl methyl sites for hydroxylation is 1. The van der Waals surface area contributed by atoms with Gasteiger partial charge in [-0.2, -0.15) is 4.98 Å². The lowest BCUT2D eigenvalue weighted by Gasteiger charge is -2.08. The smallest absolute Gasteiger partial charge is 0.331 e. The first-order chi connectivity index (χ1) is 8.97. The second-order valence-corrected chi connectivity index (χ2v) is 4.27. The van der Waals surface area contributed by atoms with E-state index >= 15 is 0 Å². The van der Waals surface area contributed by atoms with Gasteiger partial charge in [0, 0.05) is 11.1 Å². The van der Waals surface area contributed by atoms with E-state index in [0.717, 1.165) is 5.56 Å². The maximum atomic E-state index is 10.9. The van der Waals surface area contributed by atoms with Crippen LogP contribution in [0.1, 0.15) is 5.56 Å². The summed E-state index contributed by atoms with van der Waals surface area (Å²) in [4.78, 5) is 14.1. The molecule has 0 fully saturated rings. The highest BCUT2D eigenvalue weighted by molar-refractivity contribution is 6.30. The highest BCUT2D eigenvalue weighted by Gasteiger charge is 2.18. The molecule has 19 heavy (non-hydrogen) atoms. The number of ether oxygens (including phenoxy) is 1. The lowest BCUT2D eigenvalue weighted by molar-refractivity contribution is -0.386. The van der Waals surface area contributed by atoms with Crippen LogP contribution in [0.2, 0.25) is 5.02 Å². The number of nitro groups is 1. The normalized spacial score (nSPS) is 10.2. The number of pyridine rings is 1. The van der Waals surface area contributed by atoms with Gasteiger partial charge in [0.15, 0.2) is 0 Å². The van der Waals surface area contributed by atoms with Crippen LogP contribution in [0, 0.1) is 17.0 Å². The van der Waals surface area contributed by atoms with Crippen LogP contribution in [0.25, 0.3) is 0 Å². The van der Waals surface area contributed by atoms with Gasteiger partial charge in [0.25, 0.3) is 0 Å². The summed E-state index contributed by atoms with van der Waals surface area (Å²) in [5, 5.41) is 11.4. The van der Waals surface area contributed by atoms with Gasteiger partial charge in [-0.3, -0.25) is 10.1 Å². The highest BCUT2D eigenvalue weighted by atomic mass is 35.5. The molecule has 0 aliphatic rings. The van der Waals surface area contributed by atoms with Crippen molar-refractivity contribution >= 4 is 23.1 Å². The van der Waals surface area contributed by atoms with Crippen LogP contribution in [0.3, 0.4) is 0 Å². The van der Waals surface area contributed by atoms with E-state index in [1.807, 2.05) is 0 Å². The van der Waals surface area contributed by atoms with E-state index in [1.54, 1.807) is 25.1 Å². The van der Waals surface area contributed by atoms with Gasteiger partial charge in [0.05, 0.1) is 4.92 Å². The Morgan fingerprint density at radius 3 is 2.79 bits per heavy atom. The number of hydrogen-bond donors (Lipinski definition) is 1. The molecule has 98 valence electrons. The van der Waals surface area contributed by atoms with Gasteiger partial charge in [0.2, 0.25) is 0 Å². The molecule has 0 atom stereocenters. The molecule has 7 heteroatoms. The van der Waals surface area contributed by atoms with Crippen LogP contribution < -0.4 is 10.5 Å². The first kappa shape index (κ1) is 13.1. The zero-order chi connectivity index (χ0) is 14.0. The summed E-state index contributed by atoms with van der Waals surface area (Å²) in [6, 6.07) is 7.60. The fraction of sp³-hybridized carbons (Fsp3) is 0.0833. The summed E-state index contributed by atoms with van der Waals surface area (Å²) in [7, 11) is 0. The van der Waals surface area contributed by atoms with E-state index in [-0.39, 0.29) is 17.4 Å². The Kier molecular flexibility index (Phi) is 3.52. The van der Waals surface area contributed by atoms with E-state index in [2.05, 4.69) is 4.98 Å². The van der Waals surface area contributed by atoms with Crippen molar-refractivity contribution in [3.05, 3.63) is 51.0 Å². The van der Waals surface area contributed by atoms with Gasteiger partial charge in [-0.05, 0) is 30.7 Å². The van der Waals surface area contributed by atoms with Crippen molar-refractivity contribution in [1.82, 2.24) is 4.98 Å². The summed E-state index contributed by atoms with van der Waals surface area (Å²) >= 11 is 5.86. The summed E-state index contributed by atoms with van der Waals surface area (Å²) in [5.74, 6) is 0.379. The number of benzene rings is 1. The minimum absolute atomic E-state index is 0.139. The Morgan fingerprint density at radius 2 is 2.11 bits per heavy atom. The second kappa shape index (κ2) is 5.11. The van der Waals surface area contributed by atoms with Crippen molar-refractivity contribution in [1.29, 1.82) is 0 Å². The fourth-order valence-electron chi connectivity index (χ4n) is 1.45. The molecule has 2 aromatic rings. The van der Waals surface area contributed by atoms with Crippen molar-refractivity contribution in [3.63, 3.8) is 0 Å². The van der Waals surface area contributed by atoms with Crippen LogP contribution in [-0.4, -0.2) is 9.91 Å². The number of anilines is 1. The second-order valence-electron chi connectivity index (χ2n) is 3.83. The van der Waals surface area contributed by atoms with Crippen molar-refractivity contribution in [3.8, 4) is 11.6 Å². The highest BCUT2D eigenvalue weighted by Crippen LogP contribution is 2.32. The predicted molar refractivity (Wildman–Crippen MR) is 71.6 cm³/mol. The van der Waals surface area contributed by atoms with E-state index < -0.39 is 4.92 Å². The average molecular weight is 280 g/mol. The van der Waals surface area contributed by atoms with E-state index in [4.69, 9.17) is 22.1 Å². The number of aromatic nitrogens is 1. The first-order valence-electron chi connectivity index (χ1n) is 5.32. The van der Waals surface area contributed by atoms with Gasteiger partial charge in [0.1, 0.15) is 11.6 Å². The van der Waals surface area contributed by atoms with Crippen molar-refractivity contribution in [2.75, 3.05) is 5.73 Å². The summed E-state index contributed by atoms with van der Waals surface area (Å²) in [6.07, 6.45) is 0. The number of nitrogen functional groups attached to an aromatic ring is 1. The van der Waals surface area contributed by atoms with E-state index in [1.165, 1.54) is 12.1 Å². The molecule has 0 aliphatic heterocycles. The maximum Gasteiger partial charge on any atom is 0.331 e. The molecular formula is C12H10ClN3O3. The topological polar surface area (TPSA) is 91.3 Å². The SMILES string of the molecule is Cc1ccc(Cl)cc1Oc1nc(N)ccc1[N+](=O)[O-]. The quantitative estimate of drug-likeness (QED) is 0.687. The molecule has 0 spiro atoms. The van der Waals surface area contributed by atoms with Crippen LogP contribution in [0.15, 0.2) is 30.3 Å². The van der Waals surface area contributed by atoms with E-state index in [9.17, 15) is 10.1 Å². The summed E-state index contributed by atoms with van der Waals surface area (Å²) < 4.78 is 5.45. The summed E-state index contributed by atoms with van der Waals surface area (Å²) in [6.45, 7) is 1.80. The molecule has 0 aliphatic carbocycles. The van der Waals surface area contributed by atoms with Gasteiger partial charge in [-0.15, -0.1) is 0 Å². The molecule has 0 unspecified atom stereocenters. The zero-order valence-electron chi connectivity index (χ0n) is 9.96. The average Bonchev–Trinajstić information content (AvgIpc) is 2.33. The molecule has 0 saturated heterocycles. The van der Waals surface area contributed by atoms with Crippen molar-refractivity contribution in [2.45, 2.75) is 6.92 Å². The fourth-order valence-corrected chi connectivity index (χ4v) is 1.61. The van der Waals surface area contributed by atoms with Crippen LogP contribution in [0.4, 0.5) is 11.5 Å². The molecule has 0 bridgehead atoms. The monoisotopic (exact) mass is 279 g/mol. The molecular weight excluding hydrogens is 270 g/mol. The number of nitrogens with zero attached hydrogens (tertiary/aromatic N) is 2. The van der Waals surface area contributed by atoms with E-state index in [0.29, 0.717) is 10.8 Å². The minimum atomic E-state index is -0.582. The number of halogens is 1. The Balaban J connectivity index is 2.45. The molecule has 0 amide bonds. The van der Waals surface area contributed by atoms with Gasteiger partial charge in [-0.25, -0.2) is 0 Å². The number of rotatable bonds is 3. The molecule has 2 rings (SSSR count). The standard InChI is InChI=1S/C12H10ClN3O3/c1-7-2-3-8(13)6-10(7)19-12-9(16(17)18)4-5-11(14)15-12/h2-6H,1H3,(H2,14,15). The molecule has 0 radical (unpaired) electrons. The molecule has 2 N–H and O–H groups in total.